The molecule has 2 aromatic rings. The van der Waals surface area contributed by atoms with E-state index in [4.69, 9.17) is 9.47 Å². The molecule has 1 aliphatic rings. The fourth-order valence-electron chi connectivity index (χ4n) is 2.47. The molecule has 0 radical (unpaired) electrons. The van der Waals surface area contributed by atoms with E-state index in [9.17, 15) is 14.0 Å². The first-order chi connectivity index (χ1) is 11.1. The molecule has 1 aliphatic heterocycles. The number of carbonyl (C=O) groups excluding carboxylic acids is 2. The molecule has 0 bridgehead atoms. The van der Waals surface area contributed by atoms with Crippen LogP contribution in [-0.4, -0.2) is 25.9 Å². The Morgan fingerprint density at radius 3 is 2.70 bits per heavy atom. The minimum Gasteiger partial charge on any atom is -0.493 e. The number of carbonyl (C=O) groups is 2. The number of nitrogens with zero attached hydrogens (tertiary/aromatic N) is 1. The van der Waals surface area contributed by atoms with E-state index in [-0.39, 0.29) is 24.9 Å². The molecule has 3 rings (SSSR count). The Balaban J connectivity index is 2.03. The number of hydrogen-bond donors (Lipinski definition) is 0. The average Bonchev–Trinajstić information content (AvgIpc) is 2.58. The second kappa shape index (κ2) is 6.08. The maximum Gasteiger partial charge on any atom is 0.265 e. The predicted molar refractivity (Wildman–Crippen MR) is 81.5 cm³/mol. The van der Waals surface area contributed by atoms with Gasteiger partial charge in [0.05, 0.1) is 19.3 Å². The van der Waals surface area contributed by atoms with Crippen LogP contribution in [0.4, 0.5) is 10.1 Å². The summed E-state index contributed by atoms with van der Waals surface area (Å²) in [4.78, 5) is 24.8. The molecule has 1 heterocycles. The maximum absolute atomic E-state index is 13.0. The van der Waals surface area contributed by atoms with E-state index >= 15 is 0 Å². The molecule has 0 spiro atoms. The Morgan fingerprint density at radius 2 is 2.04 bits per heavy atom. The van der Waals surface area contributed by atoms with Gasteiger partial charge in [-0.1, -0.05) is 12.1 Å². The number of fused-ring (bicyclic) bond motifs is 1. The van der Waals surface area contributed by atoms with Crippen LogP contribution < -0.4 is 14.4 Å². The van der Waals surface area contributed by atoms with Gasteiger partial charge in [0.15, 0.2) is 18.1 Å². The first kappa shape index (κ1) is 15.0. The van der Waals surface area contributed by atoms with Gasteiger partial charge in [-0.25, -0.2) is 4.39 Å². The number of hydrogen-bond acceptors (Lipinski definition) is 4. The Labute approximate surface area is 132 Å². The highest BCUT2D eigenvalue weighted by Crippen LogP contribution is 2.41. The summed E-state index contributed by atoms with van der Waals surface area (Å²) in [5, 5.41) is 0. The van der Waals surface area contributed by atoms with Crippen LogP contribution in [0, 0.1) is 5.82 Å². The lowest BCUT2D eigenvalue weighted by Crippen LogP contribution is -2.38. The Morgan fingerprint density at radius 1 is 1.30 bits per heavy atom. The van der Waals surface area contributed by atoms with E-state index < -0.39 is 0 Å². The largest absolute Gasteiger partial charge is 0.493 e. The van der Waals surface area contributed by atoms with Crippen molar-refractivity contribution in [1.29, 1.82) is 0 Å². The molecule has 0 atom stereocenters. The maximum atomic E-state index is 13.0. The Bertz CT molecular complexity index is 758. The van der Waals surface area contributed by atoms with Crippen LogP contribution in [0.25, 0.3) is 0 Å². The highest BCUT2D eigenvalue weighted by molar-refractivity contribution is 5.99. The van der Waals surface area contributed by atoms with Crippen LogP contribution in [0.2, 0.25) is 0 Å². The lowest BCUT2D eigenvalue weighted by atomic mass is 10.1. The molecule has 5 nitrogen and oxygen atoms in total. The molecule has 0 saturated heterocycles. The lowest BCUT2D eigenvalue weighted by molar-refractivity contribution is -0.121. The zero-order chi connectivity index (χ0) is 16.4. The van der Waals surface area contributed by atoms with Crippen LogP contribution in [0.3, 0.4) is 0 Å². The molecule has 0 aliphatic carbocycles. The van der Waals surface area contributed by atoms with Gasteiger partial charge in [-0.15, -0.1) is 0 Å². The van der Waals surface area contributed by atoms with Gasteiger partial charge in [0.2, 0.25) is 0 Å². The summed E-state index contributed by atoms with van der Waals surface area (Å²) in [5.41, 5.74) is 1.61. The summed E-state index contributed by atoms with van der Waals surface area (Å²) in [5.74, 6) is 0.223. The number of methoxy groups -OCH3 is 1. The normalized spacial score (nSPS) is 13.3. The van der Waals surface area contributed by atoms with Crippen molar-refractivity contribution in [2.24, 2.45) is 0 Å². The highest BCUT2D eigenvalue weighted by Gasteiger charge is 2.29. The number of rotatable bonds is 4. The van der Waals surface area contributed by atoms with Crippen molar-refractivity contribution in [3.63, 3.8) is 0 Å². The SMILES string of the molecule is COc1cc(C=O)cc2c1OCC(=O)N2Cc1ccc(F)cc1. The van der Waals surface area contributed by atoms with Crippen LogP contribution in [-0.2, 0) is 11.3 Å². The molecule has 1 amide bonds. The van der Waals surface area contributed by atoms with Gasteiger partial charge in [-0.05, 0) is 29.8 Å². The summed E-state index contributed by atoms with van der Waals surface area (Å²) in [6.45, 7) is 0.131. The fourth-order valence-corrected chi connectivity index (χ4v) is 2.47. The van der Waals surface area contributed by atoms with Crippen molar-refractivity contribution in [1.82, 2.24) is 0 Å². The van der Waals surface area contributed by atoms with Crippen molar-refractivity contribution < 1.29 is 23.5 Å². The van der Waals surface area contributed by atoms with Gasteiger partial charge in [-0.3, -0.25) is 9.59 Å². The van der Waals surface area contributed by atoms with Crippen molar-refractivity contribution >= 4 is 17.9 Å². The summed E-state index contributed by atoms with van der Waals surface area (Å²) in [6, 6.07) is 9.02. The van der Waals surface area contributed by atoms with E-state index in [1.54, 1.807) is 24.3 Å². The molecular formula is C17H14FNO4. The van der Waals surface area contributed by atoms with E-state index in [1.165, 1.54) is 24.1 Å². The average molecular weight is 315 g/mol. The summed E-state index contributed by atoms with van der Waals surface area (Å²) >= 11 is 0. The minimum atomic E-state index is -0.340. The third kappa shape index (κ3) is 2.88. The van der Waals surface area contributed by atoms with Gasteiger partial charge in [0.1, 0.15) is 12.1 Å². The fraction of sp³-hybridized carbons (Fsp3) is 0.176. The second-order valence-corrected chi connectivity index (χ2v) is 5.08. The van der Waals surface area contributed by atoms with Gasteiger partial charge >= 0.3 is 0 Å². The Hall–Kier alpha value is -2.89. The van der Waals surface area contributed by atoms with Gasteiger partial charge in [0, 0.05) is 5.56 Å². The van der Waals surface area contributed by atoms with Crippen molar-refractivity contribution in [2.45, 2.75) is 6.54 Å². The van der Waals surface area contributed by atoms with E-state index in [2.05, 4.69) is 0 Å². The molecule has 23 heavy (non-hydrogen) atoms. The number of halogens is 1. The molecular weight excluding hydrogens is 301 g/mol. The summed E-state index contributed by atoms with van der Waals surface area (Å²) in [6.07, 6.45) is 0.679. The number of ether oxygens (including phenoxy) is 2. The van der Waals surface area contributed by atoms with Crippen LogP contribution in [0.1, 0.15) is 15.9 Å². The first-order valence-corrected chi connectivity index (χ1v) is 6.97. The third-order valence-corrected chi connectivity index (χ3v) is 3.60. The van der Waals surface area contributed by atoms with Gasteiger partial charge in [-0.2, -0.15) is 0 Å². The molecule has 2 aromatic carbocycles. The molecule has 0 unspecified atom stereocenters. The van der Waals surface area contributed by atoms with Crippen molar-refractivity contribution in [2.75, 3.05) is 18.6 Å². The number of benzene rings is 2. The van der Waals surface area contributed by atoms with Gasteiger partial charge < -0.3 is 14.4 Å². The van der Waals surface area contributed by atoms with Crippen LogP contribution in [0.15, 0.2) is 36.4 Å². The molecule has 0 N–H and O–H groups in total. The zero-order valence-corrected chi connectivity index (χ0v) is 12.4. The topological polar surface area (TPSA) is 55.8 Å². The summed E-state index contributed by atoms with van der Waals surface area (Å²) in [7, 11) is 1.47. The highest BCUT2D eigenvalue weighted by atomic mass is 19.1. The molecule has 118 valence electrons. The molecule has 6 heteroatoms. The predicted octanol–water partition coefficient (Wildman–Crippen LogP) is 2.57. The monoisotopic (exact) mass is 315 g/mol. The number of anilines is 1. The van der Waals surface area contributed by atoms with E-state index in [0.717, 1.165) is 5.56 Å². The van der Waals surface area contributed by atoms with Crippen molar-refractivity contribution in [3.8, 4) is 11.5 Å². The first-order valence-electron chi connectivity index (χ1n) is 6.97. The lowest BCUT2D eigenvalue weighted by Gasteiger charge is -2.30. The minimum absolute atomic E-state index is 0.120. The summed E-state index contributed by atoms with van der Waals surface area (Å²) < 4.78 is 23.7. The smallest absolute Gasteiger partial charge is 0.265 e. The van der Waals surface area contributed by atoms with E-state index in [0.29, 0.717) is 29.0 Å². The third-order valence-electron chi connectivity index (χ3n) is 3.60. The molecule has 0 fully saturated rings. The quantitative estimate of drug-likeness (QED) is 0.814. The Kier molecular flexibility index (Phi) is 3.97. The number of aldehydes is 1. The van der Waals surface area contributed by atoms with Crippen LogP contribution >= 0.6 is 0 Å². The van der Waals surface area contributed by atoms with E-state index in [1.807, 2.05) is 0 Å². The van der Waals surface area contributed by atoms with Gasteiger partial charge in [0.25, 0.3) is 5.91 Å². The number of amides is 1. The van der Waals surface area contributed by atoms with Crippen molar-refractivity contribution in [3.05, 3.63) is 53.3 Å². The standard InChI is InChI=1S/C17H14FNO4/c1-22-15-7-12(9-20)6-14-17(15)23-10-16(21)19(14)8-11-2-4-13(18)5-3-11/h2-7,9H,8,10H2,1H3. The van der Waals surface area contributed by atoms with Crippen LogP contribution in [0.5, 0.6) is 11.5 Å². The zero-order valence-electron chi connectivity index (χ0n) is 12.4. The molecule has 0 aromatic heterocycles. The molecule has 0 saturated carbocycles. The second-order valence-electron chi connectivity index (χ2n) is 5.08.